The van der Waals surface area contributed by atoms with Crippen molar-refractivity contribution in [2.45, 2.75) is 4.90 Å². The highest BCUT2D eigenvalue weighted by Gasteiger charge is 2.11. The van der Waals surface area contributed by atoms with E-state index in [4.69, 9.17) is 0 Å². The average Bonchev–Trinajstić information content (AvgIpc) is 2.54. The maximum atomic E-state index is 12.8. The molecule has 0 bridgehead atoms. The zero-order chi connectivity index (χ0) is 16.9. The zero-order valence-corrected chi connectivity index (χ0v) is 13.1. The first-order valence-electron chi connectivity index (χ1n) is 6.69. The van der Waals surface area contributed by atoms with Crippen LogP contribution in [0.15, 0.2) is 59.5 Å². The van der Waals surface area contributed by atoms with Crippen molar-refractivity contribution in [3.8, 4) is 0 Å². The fourth-order valence-electron chi connectivity index (χ4n) is 1.79. The highest BCUT2D eigenvalue weighted by molar-refractivity contribution is 7.89. The third-order valence-electron chi connectivity index (χ3n) is 2.98. The Hall–Kier alpha value is -2.51. The molecule has 0 fully saturated rings. The fourth-order valence-corrected chi connectivity index (χ4v) is 2.56. The molecule has 0 saturated heterocycles. The Balaban J connectivity index is 2.08. The molecular formula is C16H15FN2O3S. The van der Waals surface area contributed by atoms with Gasteiger partial charge >= 0.3 is 0 Å². The van der Waals surface area contributed by atoms with Gasteiger partial charge in [-0.25, -0.2) is 17.5 Å². The van der Waals surface area contributed by atoms with E-state index in [0.717, 1.165) is 0 Å². The van der Waals surface area contributed by atoms with Crippen LogP contribution in [0.5, 0.6) is 0 Å². The van der Waals surface area contributed by atoms with Crippen LogP contribution >= 0.6 is 0 Å². The van der Waals surface area contributed by atoms with E-state index in [1.165, 1.54) is 49.5 Å². The van der Waals surface area contributed by atoms with Crippen molar-refractivity contribution in [1.29, 1.82) is 0 Å². The minimum Gasteiger partial charge on any atom is -0.322 e. The minimum absolute atomic E-state index is 0.0558. The van der Waals surface area contributed by atoms with Crippen LogP contribution in [0.3, 0.4) is 0 Å². The first-order chi connectivity index (χ1) is 10.9. The molecule has 0 unspecified atom stereocenters. The molecule has 2 N–H and O–H groups in total. The predicted molar refractivity (Wildman–Crippen MR) is 86.8 cm³/mol. The number of halogens is 1. The van der Waals surface area contributed by atoms with Crippen molar-refractivity contribution < 1.29 is 17.6 Å². The molecule has 0 radical (unpaired) electrons. The van der Waals surface area contributed by atoms with Crippen LogP contribution in [0.25, 0.3) is 6.08 Å². The number of benzene rings is 2. The molecule has 23 heavy (non-hydrogen) atoms. The molecular weight excluding hydrogens is 319 g/mol. The predicted octanol–water partition coefficient (Wildman–Crippen LogP) is 2.39. The van der Waals surface area contributed by atoms with Gasteiger partial charge in [0.05, 0.1) is 4.90 Å². The van der Waals surface area contributed by atoms with Gasteiger partial charge < -0.3 is 5.32 Å². The Morgan fingerprint density at radius 2 is 1.83 bits per heavy atom. The van der Waals surface area contributed by atoms with Gasteiger partial charge in [0.1, 0.15) is 5.82 Å². The highest BCUT2D eigenvalue weighted by atomic mass is 32.2. The van der Waals surface area contributed by atoms with E-state index in [1.807, 2.05) is 0 Å². The van der Waals surface area contributed by atoms with E-state index in [1.54, 1.807) is 18.2 Å². The molecule has 7 heteroatoms. The SMILES string of the molecule is CNS(=O)(=O)c1cccc(NC(=O)/C=C/c2ccc(F)cc2)c1. The van der Waals surface area contributed by atoms with Gasteiger partial charge in [-0.2, -0.15) is 0 Å². The van der Waals surface area contributed by atoms with E-state index >= 15 is 0 Å². The summed E-state index contributed by atoms with van der Waals surface area (Å²) in [7, 11) is -2.26. The lowest BCUT2D eigenvalue weighted by molar-refractivity contribution is -0.111. The summed E-state index contributed by atoms with van der Waals surface area (Å²) < 4.78 is 38.4. The van der Waals surface area contributed by atoms with Crippen LogP contribution < -0.4 is 10.0 Å². The number of amides is 1. The molecule has 0 heterocycles. The lowest BCUT2D eigenvalue weighted by atomic mass is 10.2. The molecule has 0 aliphatic carbocycles. The molecule has 0 saturated carbocycles. The van der Waals surface area contributed by atoms with Crippen molar-refractivity contribution in [2.75, 3.05) is 12.4 Å². The van der Waals surface area contributed by atoms with Crippen molar-refractivity contribution in [3.05, 3.63) is 66.0 Å². The molecule has 0 aliphatic rings. The normalized spacial score (nSPS) is 11.6. The lowest BCUT2D eigenvalue weighted by Gasteiger charge is -2.06. The molecule has 5 nitrogen and oxygen atoms in total. The van der Waals surface area contributed by atoms with Crippen LogP contribution in [0, 0.1) is 5.82 Å². The zero-order valence-electron chi connectivity index (χ0n) is 12.3. The average molecular weight is 334 g/mol. The Morgan fingerprint density at radius 1 is 1.13 bits per heavy atom. The van der Waals surface area contributed by atoms with Crippen molar-refractivity contribution in [3.63, 3.8) is 0 Å². The lowest BCUT2D eigenvalue weighted by Crippen LogP contribution is -2.18. The number of anilines is 1. The number of carbonyl (C=O) groups is 1. The van der Waals surface area contributed by atoms with Gasteiger partial charge in [-0.15, -0.1) is 0 Å². The van der Waals surface area contributed by atoms with Gasteiger partial charge in [0.2, 0.25) is 15.9 Å². The van der Waals surface area contributed by atoms with E-state index in [9.17, 15) is 17.6 Å². The number of hydrogen-bond donors (Lipinski definition) is 2. The van der Waals surface area contributed by atoms with Gasteiger partial charge in [-0.1, -0.05) is 18.2 Å². The van der Waals surface area contributed by atoms with E-state index in [0.29, 0.717) is 11.3 Å². The van der Waals surface area contributed by atoms with E-state index in [2.05, 4.69) is 10.0 Å². The summed E-state index contributed by atoms with van der Waals surface area (Å²) in [6.45, 7) is 0. The Kier molecular flexibility index (Phi) is 5.25. The summed E-state index contributed by atoms with van der Waals surface area (Å²) in [5.74, 6) is -0.775. The van der Waals surface area contributed by atoms with Gasteiger partial charge in [0.15, 0.2) is 0 Å². The number of nitrogens with one attached hydrogen (secondary N) is 2. The maximum Gasteiger partial charge on any atom is 0.248 e. The summed E-state index contributed by atoms with van der Waals surface area (Å²) in [6, 6.07) is 11.6. The van der Waals surface area contributed by atoms with Crippen LogP contribution in [-0.4, -0.2) is 21.4 Å². The maximum absolute atomic E-state index is 12.8. The number of carbonyl (C=O) groups excluding carboxylic acids is 1. The molecule has 0 spiro atoms. The quantitative estimate of drug-likeness (QED) is 0.825. The summed E-state index contributed by atoms with van der Waals surface area (Å²) in [5, 5.41) is 2.57. The van der Waals surface area contributed by atoms with Gasteiger partial charge in [0.25, 0.3) is 0 Å². The highest BCUT2D eigenvalue weighted by Crippen LogP contribution is 2.15. The van der Waals surface area contributed by atoms with Gasteiger partial charge in [-0.05, 0) is 49.0 Å². The molecule has 0 atom stereocenters. The van der Waals surface area contributed by atoms with Crippen molar-refractivity contribution >= 4 is 27.7 Å². The van der Waals surface area contributed by atoms with Crippen molar-refractivity contribution in [2.24, 2.45) is 0 Å². The van der Waals surface area contributed by atoms with Crippen LogP contribution in [0.2, 0.25) is 0 Å². The Morgan fingerprint density at radius 3 is 2.48 bits per heavy atom. The standard InChI is InChI=1S/C16H15FN2O3S/c1-18-23(21,22)15-4-2-3-14(11-15)19-16(20)10-7-12-5-8-13(17)9-6-12/h2-11,18H,1H3,(H,19,20)/b10-7+. The van der Waals surface area contributed by atoms with E-state index < -0.39 is 15.9 Å². The van der Waals surface area contributed by atoms with Crippen LogP contribution in [0.4, 0.5) is 10.1 Å². The summed E-state index contributed by atoms with van der Waals surface area (Å²) >= 11 is 0. The second kappa shape index (κ2) is 7.17. The third-order valence-corrected chi connectivity index (χ3v) is 4.39. The second-order valence-electron chi connectivity index (χ2n) is 4.61. The Labute approximate surface area is 133 Å². The molecule has 2 aromatic carbocycles. The van der Waals surface area contributed by atoms with Gasteiger partial charge in [-0.3, -0.25) is 4.79 Å². The number of sulfonamides is 1. The molecule has 120 valence electrons. The van der Waals surface area contributed by atoms with Crippen molar-refractivity contribution in [1.82, 2.24) is 4.72 Å². The molecule has 0 aliphatic heterocycles. The first kappa shape index (κ1) is 16.9. The monoisotopic (exact) mass is 334 g/mol. The molecule has 1 amide bonds. The second-order valence-corrected chi connectivity index (χ2v) is 6.50. The van der Waals surface area contributed by atoms with Gasteiger partial charge in [0, 0.05) is 11.8 Å². The third kappa shape index (κ3) is 4.73. The summed E-state index contributed by atoms with van der Waals surface area (Å²) in [6.07, 6.45) is 2.81. The largest absolute Gasteiger partial charge is 0.322 e. The molecule has 0 aromatic heterocycles. The minimum atomic E-state index is -3.57. The number of hydrogen-bond acceptors (Lipinski definition) is 3. The Bertz CT molecular complexity index is 831. The van der Waals surface area contributed by atoms with Crippen LogP contribution in [-0.2, 0) is 14.8 Å². The topological polar surface area (TPSA) is 75.3 Å². The smallest absolute Gasteiger partial charge is 0.248 e. The molecule has 2 aromatic rings. The van der Waals surface area contributed by atoms with Crippen LogP contribution in [0.1, 0.15) is 5.56 Å². The fraction of sp³-hybridized carbons (Fsp3) is 0.0625. The first-order valence-corrected chi connectivity index (χ1v) is 8.17. The van der Waals surface area contributed by atoms with E-state index in [-0.39, 0.29) is 10.7 Å². The molecule has 2 rings (SSSR count). The number of rotatable bonds is 5. The summed E-state index contributed by atoms with van der Waals surface area (Å²) in [4.78, 5) is 11.9. The summed E-state index contributed by atoms with van der Waals surface area (Å²) in [5.41, 5.74) is 1.03.